The Morgan fingerprint density at radius 3 is 2.57 bits per heavy atom. The molecule has 0 aliphatic heterocycles. The molecule has 0 fully saturated rings. The van der Waals surface area contributed by atoms with E-state index in [1.54, 1.807) is 12.1 Å². The van der Waals surface area contributed by atoms with E-state index in [0.717, 1.165) is 10.5 Å². The molecule has 0 spiro atoms. The van der Waals surface area contributed by atoms with Crippen molar-refractivity contribution < 1.29 is 9.90 Å². The number of carbonyl (C=O) groups is 1. The molecule has 0 aliphatic rings. The zero-order chi connectivity index (χ0) is 10.4. The number of nitriles is 1. The molecule has 3 nitrogen and oxygen atoms in total. The van der Waals surface area contributed by atoms with Crippen LogP contribution in [-0.2, 0) is 11.2 Å². The highest BCUT2D eigenvalue weighted by Gasteiger charge is 2.00. The predicted molar refractivity (Wildman–Crippen MR) is 54.1 cm³/mol. The Bertz CT molecular complexity index is 353. The minimum absolute atomic E-state index is 0.0448. The molecule has 72 valence electrons. The van der Waals surface area contributed by atoms with E-state index in [4.69, 9.17) is 10.4 Å². The second kappa shape index (κ2) is 5.30. The smallest absolute Gasteiger partial charge is 0.307 e. The molecule has 0 aromatic heterocycles. The van der Waals surface area contributed by atoms with Gasteiger partial charge in [0.05, 0.1) is 18.2 Å². The maximum Gasteiger partial charge on any atom is 0.307 e. The summed E-state index contributed by atoms with van der Waals surface area (Å²) in [5.74, 6) is -0.416. The lowest BCUT2D eigenvalue weighted by molar-refractivity contribution is -0.136. The van der Waals surface area contributed by atoms with Gasteiger partial charge in [-0.15, -0.1) is 11.8 Å². The molecular weight excluding hydrogens is 198 g/mol. The van der Waals surface area contributed by atoms with Crippen molar-refractivity contribution in [1.29, 1.82) is 5.26 Å². The lowest BCUT2D eigenvalue weighted by atomic mass is 10.2. The molecule has 4 heteroatoms. The second-order valence-corrected chi connectivity index (χ2v) is 3.71. The van der Waals surface area contributed by atoms with Crippen LogP contribution in [0.5, 0.6) is 0 Å². The molecule has 0 bridgehead atoms. The first-order valence-electron chi connectivity index (χ1n) is 4.03. The Labute approximate surface area is 86.4 Å². The van der Waals surface area contributed by atoms with E-state index in [2.05, 4.69) is 0 Å². The number of hydrogen-bond acceptors (Lipinski definition) is 3. The summed E-state index contributed by atoms with van der Waals surface area (Å²) in [4.78, 5) is 11.4. The standard InChI is InChI=1S/C10H9NO2S/c11-5-6-14-9-3-1-8(2-4-9)7-10(12)13/h1-4H,6-7H2,(H,12,13). The van der Waals surface area contributed by atoms with Gasteiger partial charge in [-0.2, -0.15) is 5.26 Å². The van der Waals surface area contributed by atoms with Gasteiger partial charge < -0.3 is 5.11 Å². The van der Waals surface area contributed by atoms with Crippen LogP contribution < -0.4 is 0 Å². The van der Waals surface area contributed by atoms with Crippen molar-refractivity contribution in [3.05, 3.63) is 29.8 Å². The summed E-state index contributed by atoms with van der Waals surface area (Å²) >= 11 is 1.44. The van der Waals surface area contributed by atoms with Crippen LogP contribution in [0, 0.1) is 11.3 Å². The SMILES string of the molecule is N#CCSc1ccc(CC(=O)O)cc1. The van der Waals surface area contributed by atoms with Crippen molar-refractivity contribution in [3.8, 4) is 6.07 Å². The van der Waals surface area contributed by atoms with Crippen LogP contribution in [0.15, 0.2) is 29.2 Å². The van der Waals surface area contributed by atoms with Crippen LogP contribution in [0.4, 0.5) is 0 Å². The first-order valence-corrected chi connectivity index (χ1v) is 5.01. The van der Waals surface area contributed by atoms with Crippen molar-refractivity contribution in [2.45, 2.75) is 11.3 Å². The van der Waals surface area contributed by atoms with Gasteiger partial charge in [0, 0.05) is 4.90 Å². The summed E-state index contributed by atoms with van der Waals surface area (Å²) in [7, 11) is 0. The van der Waals surface area contributed by atoms with Crippen LogP contribution in [-0.4, -0.2) is 16.8 Å². The number of carboxylic acids is 1. The fourth-order valence-corrected chi connectivity index (χ4v) is 1.55. The fourth-order valence-electron chi connectivity index (χ4n) is 0.994. The summed E-state index contributed by atoms with van der Waals surface area (Å²) in [6.45, 7) is 0. The molecule has 0 amide bonds. The average Bonchev–Trinajstić information content (AvgIpc) is 2.16. The monoisotopic (exact) mass is 207 g/mol. The molecular formula is C10H9NO2S. The van der Waals surface area contributed by atoms with E-state index in [1.807, 2.05) is 18.2 Å². The number of aliphatic carboxylic acids is 1. The zero-order valence-corrected chi connectivity index (χ0v) is 8.25. The lowest BCUT2D eigenvalue weighted by Crippen LogP contribution is -1.99. The van der Waals surface area contributed by atoms with Gasteiger partial charge in [0.25, 0.3) is 0 Å². The molecule has 1 N–H and O–H groups in total. The Balaban J connectivity index is 2.60. The highest BCUT2D eigenvalue weighted by Crippen LogP contribution is 2.17. The third-order valence-corrected chi connectivity index (χ3v) is 2.46. The van der Waals surface area contributed by atoms with Crippen molar-refractivity contribution in [3.63, 3.8) is 0 Å². The third-order valence-electron chi connectivity index (χ3n) is 1.58. The minimum atomic E-state index is -0.831. The normalized spacial score (nSPS) is 9.36. The topological polar surface area (TPSA) is 61.1 Å². The Morgan fingerprint density at radius 2 is 2.07 bits per heavy atom. The first-order chi connectivity index (χ1) is 6.72. The Kier molecular flexibility index (Phi) is 4.02. The molecule has 1 rings (SSSR count). The van der Waals surface area contributed by atoms with E-state index in [1.165, 1.54) is 11.8 Å². The molecule has 0 unspecified atom stereocenters. The first kappa shape index (κ1) is 10.6. The summed E-state index contributed by atoms with van der Waals surface area (Å²) in [5, 5.41) is 16.9. The van der Waals surface area contributed by atoms with Gasteiger partial charge in [-0.1, -0.05) is 12.1 Å². The zero-order valence-electron chi connectivity index (χ0n) is 7.43. The average molecular weight is 207 g/mol. The maximum absolute atomic E-state index is 10.4. The number of benzene rings is 1. The van der Waals surface area contributed by atoms with Gasteiger partial charge in [-0.25, -0.2) is 0 Å². The van der Waals surface area contributed by atoms with Gasteiger partial charge in [0.15, 0.2) is 0 Å². The largest absolute Gasteiger partial charge is 0.481 e. The summed E-state index contributed by atoms with van der Waals surface area (Å²) in [6.07, 6.45) is 0.0448. The molecule has 0 radical (unpaired) electrons. The fraction of sp³-hybridized carbons (Fsp3) is 0.200. The Hall–Kier alpha value is -1.47. The van der Waals surface area contributed by atoms with E-state index in [9.17, 15) is 4.79 Å². The number of thioether (sulfide) groups is 1. The number of nitrogens with zero attached hydrogens (tertiary/aromatic N) is 1. The van der Waals surface area contributed by atoms with Gasteiger partial charge in [0.1, 0.15) is 0 Å². The predicted octanol–water partition coefficient (Wildman–Crippen LogP) is 1.93. The molecule has 1 aromatic carbocycles. The molecule has 0 heterocycles. The second-order valence-electron chi connectivity index (χ2n) is 2.66. The van der Waals surface area contributed by atoms with E-state index in [-0.39, 0.29) is 6.42 Å². The highest BCUT2D eigenvalue weighted by atomic mass is 32.2. The van der Waals surface area contributed by atoms with Gasteiger partial charge >= 0.3 is 5.97 Å². The highest BCUT2D eigenvalue weighted by molar-refractivity contribution is 7.99. The van der Waals surface area contributed by atoms with Gasteiger partial charge in [-0.3, -0.25) is 4.79 Å². The van der Waals surface area contributed by atoms with Crippen LogP contribution in [0.3, 0.4) is 0 Å². The molecule has 0 aliphatic carbocycles. The van der Waals surface area contributed by atoms with Gasteiger partial charge in [-0.05, 0) is 17.7 Å². The van der Waals surface area contributed by atoms with Crippen LogP contribution in [0.2, 0.25) is 0 Å². The molecule has 1 aromatic rings. The van der Waals surface area contributed by atoms with E-state index < -0.39 is 5.97 Å². The Morgan fingerprint density at radius 1 is 1.43 bits per heavy atom. The summed E-state index contributed by atoms with van der Waals surface area (Å²) in [6, 6.07) is 9.24. The number of hydrogen-bond donors (Lipinski definition) is 1. The third kappa shape index (κ3) is 3.50. The van der Waals surface area contributed by atoms with Crippen LogP contribution >= 0.6 is 11.8 Å². The van der Waals surface area contributed by atoms with Crippen molar-refractivity contribution in [2.75, 3.05) is 5.75 Å². The van der Waals surface area contributed by atoms with Crippen LogP contribution in [0.1, 0.15) is 5.56 Å². The van der Waals surface area contributed by atoms with Crippen molar-refractivity contribution >= 4 is 17.7 Å². The molecule has 0 atom stereocenters. The number of carboxylic acid groups (broad SMARTS) is 1. The van der Waals surface area contributed by atoms with E-state index in [0.29, 0.717) is 5.75 Å². The van der Waals surface area contributed by atoms with Crippen LogP contribution in [0.25, 0.3) is 0 Å². The molecule has 14 heavy (non-hydrogen) atoms. The van der Waals surface area contributed by atoms with Crippen molar-refractivity contribution in [1.82, 2.24) is 0 Å². The van der Waals surface area contributed by atoms with Crippen molar-refractivity contribution in [2.24, 2.45) is 0 Å². The molecule has 0 saturated heterocycles. The summed E-state index contributed by atoms with van der Waals surface area (Å²) in [5.41, 5.74) is 0.777. The maximum atomic E-state index is 10.4. The summed E-state index contributed by atoms with van der Waals surface area (Å²) < 4.78 is 0. The minimum Gasteiger partial charge on any atom is -0.481 e. The quantitative estimate of drug-likeness (QED) is 0.766. The van der Waals surface area contributed by atoms with E-state index >= 15 is 0 Å². The molecule has 0 saturated carbocycles. The number of rotatable bonds is 4. The van der Waals surface area contributed by atoms with Gasteiger partial charge in [0.2, 0.25) is 0 Å². The lowest BCUT2D eigenvalue weighted by Gasteiger charge is -1.99.